The summed E-state index contributed by atoms with van der Waals surface area (Å²) in [4.78, 5) is 12.1. The third kappa shape index (κ3) is 2.01. The van der Waals surface area contributed by atoms with Crippen LogP contribution in [0, 0.1) is 5.92 Å². The lowest BCUT2D eigenvalue weighted by atomic mass is 9.77. The third-order valence-electron chi connectivity index (χ3n) is 4.01. The van der Waals surface area contributed by atoms with Crippen LogP contribution < -0.4 is 5.32 Å². The molecule has 1 aliphatic heterocycles. The number of anilines is 1. The Bertz CT molecular complexity index is 452. The van der Waals surface area contributed by atoms with Crippen LogP contribution >= 0.6 is 15.9 Å². The highest BCUT2D eigenvalue weighted by atomic mass is 79.9. The molecule has 1 aromatic carbocycles. The second-order valence-electron chi connectivity index (χ2n) is 5.10. The van der Waals surface area contributed by atoms with Crippen molar-refractivity contribution in [3.05, 3.63) is 28.2 Å². The number of hydrogen-bond acceptors (Lipinski definition) is 1. The topological polar surface area (TPSA) is 29.1 Å². The van der Waals surface area contributed by atoms with E-state index in [-0.39, 0.29) is 11.8 Å². The van der Waals surface area contributed by atoms with Gasteiger partial charge in [0.2, 0.25) is 5.91 Å². The average Bonchev–Trinajstić information content (AvgIpc) is 2.65. The monoisotopic (exact) mass is 293 g/mol. The first-order valence-corrected chi connectivity index (χ1v) is 7.15. The number of nitrogens with one attached hydrogen (secondary N) is 1. The lowest BCUT2D eigenvalue weighted by Gasteiger charge is -2.26. The maximum atomic E-state index is 12.1. The van der Waals surface area contributed by atoms with Crippen molar-refractivity contribution in [2.24, 2.45) is 5.92 Å². The Morgan fingerprint density at radius 2 is 1.94 bits per heavy atom. The summed E-state index contributed by atoms with van der Waals surface area (Å²) >= 11 is 3.50. The molecule has 1 N–H and O–H groups in total. The first-order valence-electron chi connectivity index (χ1n) is 6.36. The molecule has 1 unspecified atom stereocenters. The Morgan fingerprint density at radius 1 is 1.18 bits per heavy atom. The van der Waals surface area contributed by atoms with Gasteiger partial charge in [-0.2, -0.15) is 0 Å². The Labute approximate surface area is 110 Å². The van der Waals surface area contributed by atoms with Gasteiger partial charge in [0.15, 0.2) is 0 Å². The highest BCUT2D eigenvalue weighted by Gasteiger charge is 2.37. The zero-order valence-corrected chi connectivity index (χ0v) is 11.3. The number of benzene rings is 1. The molecule has 17 heavy (non-hydrogen) atoms. The normalized spacial score (nSPS) is 24.5. The van der Waals surface area contributed by atoms with E-state index in [9.17, 15) is 4.79 Å². The maximum absolute atomic E-state index is 12.1. The van der Waals surface area contributed by atoms with E-state index in [2.05, 4.69) is 27.3 Å². The fourth-order valence-corrected chi connectivity index (χ4v) is 3.57. The van der Waals surface area contributed by atoms with Gasteiger partial charge in [0.1, 0.15) is 0 Å². The molecule has 90 valence electrons. The summed E-state index contributed by atoms with van der Waals surface area (Å²) in [6.07, 6.45) is 6.28. The highest BCUT2D eigenvalue weighted by Crippen LogP contribution is 2.43. The zero-order chi connectivity index (χ0) is 11.8. The summed E-state index contributed by atoms with van der Waals surface area (Å²) in [5, 5.41) is 3.01. The molecule has 0 spiro atoms. The highest BCUT2D eigenvalue weighted by molar-refractivity contribution is 9.10. The number of fused-ring (bicyclic) bond motifs is 1. The standard InChI is InChI=1S/C14H16BrNO/c15-10-6-7-12-11(8-10)13(14(17)16-12)9-4-2-1-3-5-9/h6-9,13H,1-5H2,(H,16,17). The van der Waals surface area contributed by atoms with E-state index in [0.29, 0.717) is 5.92 Å². The van der Waals surface area contributed by atoms with E-state index in [1.54, 1.807) is 0 Å². The fraction of sp³-hybridized carbons (Fsp3) is 0.500. The summed E-state index contributed by atoms with van der Waals surface area (Å²) in [5.74, 6) is 0.826. The summed E-state index contributed by atoms with van der Waals surface area (Å²) in [7, 11) is 0. The van der Waals surface area contributed by atoms with Crippen LogP contribution in [0.25, 0.3) is 0 Å². The zero-order valence-electron chi connectivity index (χ0n) is 9.71. The molecule has 0 aromatic heterocycles. The van der Waals surface area contributed by atoms with Gasteiger partial charge >= 0.3 is 0 Å². The molecule has 0 bridgehead atoms. The molecule has 3 rings (SSSR count). The van der Waals surface area contributed by atoms with Crippen LogP contribution in [0.4, 0.5) is 5.69 Å². The van der Waals surface area contributed by atoms with Gasteiger partial charge in [-0.3, -0.25) is 4.79 Å². The molecule has 1 atom stereocenters. The quantitative estimate of drug-likeness (QED) is 0.831. The summed E-state index contributed by atoms with van der Waals surface area (Å²) in [6.45, 7) is 0. The van der Waals surface area contributed by atoms with Crippen LogP contribution in [-0.2, 0) is 4.79 Å². The summed E-state index contributed by atoms with van der Waals surface area (Å²) in [6, 6.07) is 6.09. The molecule has 0 radical (unpaired) electrons. The molecule has 1 saturated carbocycles. The first kappa shape index (κ1) is 11.3. The van der Waals surface area contributed by atoms with E-state index in [4.69, 9.17) is 0 Å². The van der Waals surface area contributed by atoms with Gasteiger partial charge in [0, 0.05) is 10.2 Å². The number of rotatable bonds is 1. The van der Waals surface area contributed by atoms with Gasteiger partial charge in [-0.1, -0.05) is 35.2 Å². The van der Waals surface area contributed by atoms with E-state index in [1.165, 1.54) is 37.7 Å². The van der Waals surface area contributed by atoms with E-state index in [0.717, 1.165) is 10.2 Å². The van der Waals surface area contributed by atoms with Crippen molar-refractivity contribution < 1.29 is 4.79 Å². The fourth-order valence-electron chi connectivity index (χ4n) is 3.19. The molecular formula is C14H16BrNO. The Balaban J connectivity index is 1.95. The number of amides is 1. The van der Waals surface area contributed by atoms with Crippen molar-refractivity contribution in [2.45, 2.75) is 38.0 Å². The molecule has 1 heterocycles. The molecule has 1 aromatic rings. The minimum absolute atomic E-state index is 0.0859. The number of hydrogen-bond donors (Lipinski definition) is 1. The van der Waals surface area contributed by atoms with Gasteiger partial charge < -0.3 is 5.32 Å². The maximum Gasteiger partial charge on any atom is 0.232 e. The second-order valence-corrected chi connectivity index (χ2v) is 6.01. The molecule has 1 aliphatic carbocycles. The van der Waals surface area contributed by atoms with Crippen molar-refractivity contribution in [2.75, 3.05) is 5.32 Å². The minimum atomic E-state index is 0.0859. The van der Waals surface area contributed by atoms with Crippen LogP contribution in [0.1, 0.15) is 43.6 Å². The summed E-state index contributed by atoms with van der Waals surface area (Å²) in [5.41, 5.74) is 2.20. The molecule has 2 nitrogen and oxygen atoms in total. The van der Waals surface area contributed by atoms with E-state index < -0.39 is 0 Å². The van der Waals surface area contributed by atoms with Crippen molar-refractivity contribution in [3.63, 3.8) is 0 Å². The average molecular weight is 294 g/mol. The smallest absolute Gasteiger partial charge is 0.232 e. The van der Waals surface area contributed by atoms with Gasteiger partial charge in [-0.05, 0) is 42.5 Å². The van der Waals surface area contributed by atoms with Gasteiger partial charge in [0.25, 0.3) is 0 Å². The van der Waals surface area contributed by atoms with Crippen LogP contribution in [-0.4, -0.2) is 5.91 Å². The first-order chi connectivity index (χ1) is 8.25. The Hall–Kier alpha value is -0.830. The largest absolute Gasteiger partial charge is 0.325 e. The van der Waals surface area contributed by atoms with Crippen LogP contribution in [0.5, 0.6) is 0 Å². The van der Waals surface area contributed by atoms with Crippen molar-refractivity contribution >= 4 is 27.5 Å². The minimum Gasteiger partial charge on any atom is -0.325 e. The molecule has 0 saturated heterocycles. The Morgan fingerprint density at radius 3 is 2.71 bits per heavy atom. The Kier molecular flexibility index (Phi) is 2.95. The molecule has 1 fully saturated rings. The van der Waals surface area contributed by atoms with E-state index >= 15 is 0 Å². The van der Waals surface area contributed by atoms with Gasteiger partial charge in [0.05, 0.1) is 5.92 Å². The molecule has 2 aliphatic rings. The summed E-state index contributed by atoms with van der Waals surface area (Å²) < 4.78 is 1.06. The SMILES string of the molecule is O=C1Nc2ccc(Br)cc2C1C1CCCCC1. The van der Waals surface area contributed by atoms with Crippen molar-refractivity contribution in [1.29, 1.82) is 0 Å². The van der Waals surface area contributed by atoms with Crippen molar-refractivity contribution in [3.8, 4) is 0 Å². The number of halogens is 1. The van der Waals surface area contributed by atoms with Gasteiger partial charge in [-0.25, -0.2) is 0 Å². The molecule has 3 heteroatoms. The number of carbonyl (C=O) groups is 1. The lowest BCUT2D eigenvalue weighted by Crippen LogP contribution is -2.22. The van der Waals surface area contributed by atoms with Gasteiger partial charge in [-0.15, -0.1) is 0 Å². The van der Waals surface area contributed by atoms with Crippen LogP contribution in [0.2, 0.25) is 0 Å². The predicted molar refractivity (Wildman–Crippen MR) is 72.1 cm³/mol. The van der Waals surface area contributed by atoms with Crippen molar-refractivity contribution in [1.82, 2.24) is 0 Å². The lowest BCUT2D eigenvalue weighted by molar-refractivity contribution is -0.118. The second kappa shape index (κ2) is 4.45. The van der Waals surface area contributed by atoms with E-state index in [1.807, 2.05) is 12.1 Å². The predicted octanol–water partition coefficient (Wildman–Crippen LogP) is 4.07. The van der Waals surface area contributed by atoms with Crippen LogP contribution in [0.3, 0.4) is 0 Å². The molecular weight excluding hydrogens is 278 g/mol. The number of carbonyl (C=O) groups excluding carboxylic acids is 1. The molecule has 1 amide bonds. The van der Waals surface area contributed by atoms with Crippen LogP contribution in [0.15, 0.2) is 22.7 Å². The third-order valence-corrected chi connectivity index (χ3v) is 4.50.